The van der Waals surface area contributed by atoms with E-state index in [1.54, 1.807) is 0 Å². The molecule has 1 heterocycles. The van der Waals surface area contributed by atoms with Gasteiger partial charge in [-0.25, -0.2) is 4.79 Å². The predicted octanol–water partition coefficient (Wildman–Crippen LogP) is 4.44. The van der Waals surface area contributed by atoms with Crippen LogP contribution in [0.15, 0.2) is 11.1 Å². The molecule has 1 amide bonds. The lowest BCUT2D eigenvalue weighted by Crippen LogP contribution is -2.36. The molecule has 2 aliphatic carbocycles. The fourth-order valence-electron chi connectivity index (χ4n) is 4.44. The number of fused-ring (bicyclic) bond motifs is 1. The van der Waals surface area contributed by atoms with Crippen molar-refractivity contribution in [3.05, 3.63) is 27.2 Å². The first-order chi connectivity index (χ1) is 13.8. The predicted molar refractivity (Wildman–Crippen MR) is 112 cm³/mol. The van der Waals surface area contributed by atoms with Gasteiger partial charge in [-0.2, -0.15) is 0 Å². The van der Waals surface area contributed by atoms with Gasteiger partial charge >= 0.3 is 11.9 Å². The van der Waals surface area contributed by atoms with E-state index in [1.165, 1.54) is 18.4 Å². The summed E-state index contributed by atoms with van der Waals surface area (Å²) in [7, 11) is 1.34. The molecule has 0 aromatic carbocycles. The Labute approximate surface area is 175 Å². The van der Waals surface area contributed by atoms with Crippen LogP contribution >= 0.6 is 11.3 Å². The molecule has 158 valence electrons. The number of carbonyl (C=O) groups excluding carboxylic acids is 2. The monoisotopic (exact) mass is 419 g/mol. The number of carboxylic acids is 1. The Balaban J connectivity index is 1.91. The number of anilines is 1. The van der Waals surface area contributed by atoms with Crippen molar-refractivity contribution >= 4 is 34.2 Å². The number of carboxylic acid groups (broad SMARTS) is 1. The Morgan fingerprint density at radius 3 is 2.38 bits per heavy atom. The first kappa shape index (κ1) is 21.6. The van der Waals surface area contributed by atoms with Crippen LogP contribution in [0.25, 0.3) is 0 Å². The van der Waals surface area contributed by atoms with Gasteiger partial charge in [-0.05, 0) is 57.4 Å². The molecule has 0 aliphatic heterocycles. The van der Waals surface area contributed by atoms with E-state index in [0.29, 0.717) is 29.3 Å². The summed E-state index contributed by atoms with van der Waals surface area (Å²) in [6.07, 6.45) is 4.60. The lowest BCUT2D eigenvalue weighted by Gasteiger charge is -2.29. The molecule has 1 aromatic heterocycles. The number of thiophene rings is 1. The fourth-order valence-corrected chi connectivity index (χ4v) is 5.79. The number of carbonyl (C=O) groups is 3. The highest BCUT2D eigenvalue weighted by Gasteiger charge is 2.38. The van der Waals surface area contributed by atoms with Crippen molar-refractivity contribution in [3.63, 3.8) is 0 Å². The van der Waals surface area contributed by atoms with Crippen LogP contribution in [-0.4, -0.2) is 30.1 Å². The topological polar surface area (TPSA) is 92.7 Å². The Morgan fingerprint density at radius 1 is 1.14 bits per heavy atom. The van der Waals surface area contributed by atoms with Crippen LogP contribution in [0.1, 0.15) is 67.3 Å². The van der Waals surface area contributed by atoms with Crippen molar-refractivity contribution in [2.24, 2.45) is 17.8 Å². The minimum atomic E-state index is -0.957. The third kappa shape index (κ3) is 4.25. The van der Waals surface area contributed by atoms with E-state index in [-0.39, 0.29) is 5.91 Å². The number of hydrogen-bond donors (Lipinski definition) is 2. The number of ether oxygens (including phenoxy) is 1. The molecular formula is C22H29NO5S. The zero-order valence-corrected chi connectivity index (χ0v) is 18.3. The van der Waals surface area contributed by atoms with Crippen LogP contribution < -0.4 is 5.32 Å². The first-order valence-corrected chi connectivity index (χ1v) is 11.0. The van der Waals surface area contributed by atoms with Crippen LogP contribution in [0.5, 0.6) is 0 Å². The van der Waals surface area contributed by atoms with Gasteiger partial charge in [0.2, 0.25) is 5.91 Å². The summed E-state index contributed by atoms with van der Waals surface area (Å²) in [4.78, 5) is 38.4. The van der Waals surface area contributed by atoms with E-state index in [2.05, 4.69) is 12.2 Å². The smallest absolute Gasteiger partial charge is 0.341 e. The fraction of sp³-hybridized carbons (Fsp3) is 0.591. The summed E-state index contributed by atoms with van der Waals surface area (Å²) in [5, 5.41) is 13.0. The minimum absolute atomic E-state index is 0.333. The van der Waals surface area contributed by atoms with Crippen molar-refractivity contribution in [1.29, 1.82) is 0 Å². The van der Waals surface area contributed by atoms with Crippen LogP contribution in [-0.2, 0) is 27.2 Å². The summed E-state index contributed by atoms with van der Waals surface area (Å²) in [6, 6.07) is 0. The number of aliphatic carboxylic acids is 1. The second-order valence-electron chi connectivity index (χ2n) is 8.23. The SMILES string of the molecule is CC[C@H]1CCc2c(sc(NC(=O)[C@@H]3CC(C)=C(C)C[C@@H]3C(=O)O)c2C(=O)OC)C1. The average Bonchev–Trinajstić information content (AvgIpc) is 3.05. The van der Waals surface area contributed by atoms with Gasteiger partial charge < -0.3 is 15.2 Å². The van der Waals surface area contributed by atoms with Crippen molar-refractivity contribution in [1.82, 2.24) is 0 Å². The molecule has 2 N–H and O–H groups in total. The zero-order valence-electron chi connectivity index (χ0n) is 17.5. The number of rotatable bonds is 5. The number of hydrogen-bond acceptors (Lipinski definition) is 5. The lowest BCUT2D eigenvalue weighted by atomic mass is 9.76. The number of allylic oxidation sites excluding steroid dienone is 2. The molecule has 3 rings (SSSR count). The molecule has 6 nitrogen and oxygen atoms in total. The third-order valence-corrected chi connectivity index (χ3v) is 7.66. The second-order valence-corrected chi connectivity index (χ2v) is 9.33. The summed E-state index contributed by atoms with van der Waals surface area (Å²) < 4.78 is 4.99. The molecule has 3 atom stereocenters. The van der Waals surface area contributed by atoms with Gasteiger partial charge in [-0.3, -0.25) is 9.59 Å². The average molecular weight is 420 g/mol. The summed E-state index contributed by atoms with van der Waals surface area (Å²) in [5.41, 5.74) is 3.52. The van der Waals surface area contributed by atoms with E-state index < -0.39 is 23.8 Å². The molecule has 2 aliphatic rings. The van der Waals surface area contributed by atoms with E-state index in [0.717, 1.165) is 47.3 Å². The molecule has 7 heteroatoms. The van der Waals surface area contributed by atoms with E-state index >= 15 is 0 Å². The van der Waals surface area contributed by atoms with Crippen molar-refractivity contribution in [3.8, 4) is 0 Å². The molecule has 0 bridgehead atoms. The molecule has 0 radical (unpaired) electrons. The van der Waals surface area contributed by atoms with E-state index in [4.69, 9.17) is 4.74 Å². The maximum atomic E-state index is 13.1. The molecule has 0 fully saturated rings. The largest absolute Gasteiger partial charge is 0.481 e. The first-order valence-electron chi connectivity index (χ1n) is 10.2. The van der Waals surface area contributed by atoms with Gasteiger partial charge in [0.15, 0.2) is 0 Å². The van der Waals surface area contributed by atoms with Gasteiger partial charge in [-0.15, -0.1) is 11.3 Å². The summed E-state index contributed by atoms with van der Waals surface area (Å²) >= 11 is 1.44. The molecule has 0 unspecified atom stereocenters. The Hall–Kier alpha value is -2.15. The van der Waals surface area contributed by atoms with E-state index in [9.17, 15) is 19.5 Å². The van der Waals surface area contributed by atoms with Gasteiger partial charge in [0, 0.05) is 4.88 Å². The lowest BCUT2D eigenvalue weighted by molar-refractivity contribution is -0.146. The standard InChI is InChI=1S/C22H29NO5S/c1-5-13-6-7-14-17(10-13)29-20(18(14)22(27)28-4)23-19(24)15-8-11(2)12(3)9-16(15)21(25)26/h13,15-16H,5-10H2,1-4H3,(H,23,24)(H,25,26)/t13-,15+,16-/m0/s1. The van der Waals surface area contributed by atoms with Crippen LogP contribution in [0.3, 0.4) is 0 Å². The van der Waals surface area contributed by atoms with Crippen LogP contribution in [0, 0.1) is 17.8 Å². The Bertz CT molecular complexity index is 869. The maximum Gasteiger partial charge on any atom is 0.341 e. The molecule has 29 heavy (non-hydrogen) atoms. The van der Waals surface area contributed by atoms with E-state index in [1.807, 2.05) is 13.8 Å². The highest BCUT2D eigenvalue weighted by atomic mass is 32.1. The van der Waals surface area contributed by atoms with Gasteiger partial charge in [-0.1, -0.05) is 24.5 Å². The number of methoxy groups -OCH3 is 1. The molecule has 0 spiro atoms. The number of nitrogens with one attached hydrogen (secondary N) is 1. The van der Waals surface area contributed by atoms with Crippen LogP contribution in [0.4, 0.5) is 5.00 Å². The molecule has 0 saturated heterocycles. The third-order valence-electron chi connectivity index (χ3n) is 6.49. The van der Waals surface area contributed by atoms with Crippen molar-refractivity contribution < 1.29 is 24.2 Å². The second kappa shape index (κ2) is 8.69. The molecule has 1 aromatic rings. The zero-order chi connectivity index (χ0) is 21.3. The minimum Gasteiger partial charge on any atom is -0.481 e. The number of esters is 1. The molecular weight excluding hydrogens is 390 g/mol. The normalized spacial score (nSPS) is 24.1. The highest BCUT2D eigenvalue weighted by Crippen LogP contribution is 2.42. The summed E-state index contributed by atoms with van der Waals surface area (Å²) in [5.74, 6) is -2.55. The molecule has 0 saturated carbocycles. The highest BCUT2D eigenvalue weighted by molar-refractivity contribution is 7.17. The quantitative estimate of drug-likeness (QED) is 0.544. The van der Waals surface area contributed by atoms with Gasteiger partial charge in [0.25, 0.3) is 0 Å². The van der Waals surface area contributed by atoms with Crippen molar-refractivity contribution in [2.45, 2.75) is 59.3 Å². The van der Waals surface area contributed by atoms with Gasteiger partial charge in [0.05, 0.1) is 24.5 Å². The Kier molecular flexibility index (Phi) is 6.46. The van der Waals surface area contributed by atoms with Crippen LogP contribution in [0.2, 0.25) is 0 Å². The Morgan fingerprint density at radius 2 is 1.79 bits per heavy atom. The van der Waals surface area contributed by atoms with Gasteiger partial charge in [0.1, 0.15) is 5.00 Å². The van der Waals surface area contributed by atoms with Crippen molar-refractivity contribution in [2.75, 3.05) is 12.4 Å². The summed E-state index contributed by atoms with van der Waals surface area (Å²) in [6.45, 7) is 6.04. The maximum absolute atomic E-state index is 13.1. The number of amides is 1.